The van der Waals surface area contributed by atoms with Crippen molar-refractivity contribution in [1.82, 2.24) is 10.2 Å². The zero-order valence-electron chi connectivity index (χ0n) is 14.6. The van der Waals surface area contributed by atoms with Gasteiger partial charge in [0.1, 0.15) is 0 Å². The Morgan fingerprint density at radius 2 is 2.04 bits per heavy atom. The molecule has 3 rings (SSSR count). The van der Waals surface area contributed by atoms with Crippen LogP contribution in [0.1, 0.15) is 17.5 Å². The number of thiophene rings is 1. The predicted molar refractivity (Wildman–Crippen MR) is 115 cm³/mol. The average molecular weight is 455 g/mol. The molecular weight excluding hydrogens is 439 g/mol. The Bertz CT molecular complexity index is 929. The summed E-state index contributed by atoms with van der Waals surface area (Å²) in [5, 5.41) is 7.25. The third-order valence-electron chi connectivity index (χ3n) is 4.00. The second-order valence-electron chi connectivity index (χ2n) is 5.98. The van der Waals surface area contributed by atoms with Gasteiger partial charge in [0.15, 0.2) is 0 Å². The van der Waals surface area contributed by atoms with E-state index in [0.717, 1.165) is 22.2 Å². The van der Waals surface area contributed by atoms with Gasteiger partial charge in [0, 0.05) is 29.6 Å². The molecule has 0 aliphatic carbocycles. The Balaban J connectivity index is 1.52. The molecule has 0 atom stereocenters. The topological polar surface area (TPSA) is 66.5 Å². The number of benzene rings is 1. The van der Waals surface area contributed by atoms with E-state index >= 15 is 0 Å². The van der Waals surface area contributed by atoms with Crippen molar-refractivity contribution in [3.05, 3.63) is 61.1 Å². The van der Waals surface area contributed by atoms with E-state index in [1.54, 1.807) is 35.6 Å². The van der Waals surface area contributed by atoms with Gasteiger partial charge in [-0.3, -0.25) is 19.3 Å². The highest BCUT2D eigenvalue weighted by atomic mass is 35.5. The number of imide groups is 1. The van der Waals surface area contributed by atoms with Crippen LogP contribution in [-0.4, -0.2) is 35.0 Å². The summed E-state index contributed by atoms with van der Waals surface area (Å²) in [7, 11) is 0. The number of thioether (sulfide) groups is 1. The standard InChI is InChI=1S/C19H16Cl2N2O3S2/c20-14-3-2-13(15(21)10-14)9-16-18(25)23(19(26)28-16)7-6-22-17(24)4-1-12-5-8-27-11-12/h2-3,5,8-11H,1,4,6-7H2,(H,22,24)/b16-9-. The van der Waals surface area contributed by atoms with Gasteiger partial charge in [0.25, 0.3) is 11.1 Å². The first-order valence-electron chi connectivity index (χ1n) is 8.42. The molecule has 1 aromatic carbocycles. The van der Waals surface area contributed by atoms with Gasteiger partial charge in [-0.25, -0.2) is 0 Å². The number of amides is 3. The molecule has 1 N–H and O–H groups in total. The molecule has 0 unspecified atom stereocenters. The number of nitrogens with zero attached hydrogens (tertiary/aromatic N) is 1. The van der Waals surface area contributed by atoms with Gasteiger partial charge < -0.3 is 5.32 Å². The summed E-state index contributed by atoms with van der Waals surface area (Å²) in [4.78, 5) is 38.0. The van der Waals surface area contributed by atoms with E-state index in [9.17, 15) is 14.4 Å². The van der Waals surface area contributed by atoms with E-state index in [4.69, 9.17) is 23.2 Å². The van der Waals surface area contributed by atoms with Crippen molar-refractivity contribution in [3.8, 4) is 0 Å². The molecule has 2 heterocycles. The van der Waals surface area contributed by atoms with Crippen molar-refractivity contribution in [2.75, 3.05) is 13.1 Å². The molecule has 2 aromatic rings. The van der Waals surface area contributed by atoms with Crippen molar-refractivity contribution in [2.45, 2.75) is 12.8 Å². The molecular formula is C19H16Cl2N2O3S2. The SMILES string of the molecule is O=C(CCc1ccsc1)NCCN1C(=O)S/C(=C\c2ccc(Cl)cc2Cl)C1=O. The van der Waals surface area contributed by atoms with Gasteiger partial charge >= 0.3 is 0 Å². The van der Waals surface area contributed by atoms with Crippen LogP contribution in [0.25, 0.3) is 6.08 Å². The maximum absolute atomic E-state index is 12.5. The molecule has 9 heteroatoms. The lowest BCUT2D eigenvalue weighted by Gasteiger charge is -2.13. The summed E-state index contributed by atoms with van der Waals surface area (Å²) >= 11 is 14.4. The Morgan fingerprint density at radius 3 is 2.75 bits per heavy atom. The number of hydrogen-bond donors (Lipinski definition) is 1. The smallest absolute Gasteiger partial charge is 0.293 e. The molecule has 1 aliphatic heterocycles. The molecule has 146 valence electrons. The van der Waals surface area contributed by atoms with Crippen LogP contribution in [0.15, 0.2) is 39.9 Å². The molecule has 1 saturated heterocycles. The van der Waals surface area contributed by atoms with Crippen LogP contribution >= 0.6 is 46.3 Å². The van der Waals surface area contributed by atoms with Crippen molar-refractivity contribution in [3.63, 3.8) is 0 Å². The van der Waals surface area contributed by atoms with Crippen LogP contribution in [0, 0.1) is 0 Å². The van der Waals surface area contributed by atoms with Gasteiger partial charge in [-0.2, -0.15) is 11.3 Å². The minimum Gasteiger partial charge on any atom is -0.354 e. The van der Waals surface area contributed by atoms with Crippen molar-refractivity contribution < 1.29 is 14.4 Å². The van der Waals surface area contributed by atoms with Gasteiger partial charge in [-0.1, -0.05) is 29.3 Å². The summed E-state index contributed by atoms with van der Waals surface area (Å²) < 4.78 is 0. The number of hydrogen-bond acceptors (Lipinski definition) is 5. The first kappa shape index (κ1) is 20.9. The first-order valence-corrected chi connectivity index (χ1v) is 10.9. The predicted octanol–water partition coefficient (Wildman–Crippen LogP) is 4.84. The molecule has 28 heavy (non-hydrogen) atoms. The molecule has 3 amide bonds. The Kier molecular flexibility index (Phi) is 7.18. The van der Waals surface area contributed by atoms with Gasteiger partial charge in [-0.15, -0.1) is 0 Å². The fraction of sp³-hybridized carbons (Fsp3) is 0.211. The lowest BCUT2D eigenvalue weighted by molar-refractivity contribution is -0.124. The quantitative estimate of drug-likeness (QED) is 0.607. The van der Waals surface area contributed by atoms with E-state index in [2.05, 4.69) is 5.32 Å². The van der Waals surface area contributed by atoms with E-state index in [0.29, 0.717) is 28.5 Å². The highest BCUT2D eigenvalue weighted by molar-refractivity contribution is 8.18. The monoisotopic (exact) mass is 454 g/mol. The first-order chi connectivity index (χ1) is 13.4. The van der Waals surface area contributed by atoms with Crippen LogP contribution in [0.2, 0.25) is 10.0 Å². The molecule has 0 spiro atoms. The lowest BCUT2D eigenvalue weighted by atomic mass is 10.2. The number of aryl methyl sites for hydroxylation is 1. The fourth-order valence-corrected chi connectivity index (χ4v) is 4.56. The Hall–Kier alpha value is -1.80. The van der Waals surface area contributed by atoms with Crippen molar-refractivity contribution in [1.29, 1.82) is 0 Å². The van der Waals surface area contributed by atoms with Crippen molar-refractivity contribution in [2.24, 2.45) is 0 Å². The maximum Gasteiger partial charge on any atom is 0.293 e. The fourth-order valence-electron chi connectivity index (χ4n) is 2.54. The number of carbonyl (C=O) groups is 3. The molecule has 1 aromatic heterocycles. The average Bonchev–Trinajstić information content (AvgIpc) is 3.26. The molecule has 1 fully saturated rings. The second kappa shape index (κ2) is 9.60. The zero-order valence-corrected chi connectivity index (χ0v) is 17.8. The zero-order chi connectivity index (χ0) is 20.1. The molecule has 1 aliphatic rings. The summed E-state index contributed by atoms with van der Waals surface area (Å²) in [5.41, 5.74) is 1.73. The van der Waals surface area contributed by atoms with Crippen LogP contribution in [0.4, 0.5) is 4.79 Å². The Morgan fingerprint density at radius 1 is 1.21 bits per heavy atom. The summed E-state index contributed by atoms with van der Waals surface area (Å²) in [6.07, 6.45) is 2.61. The Labute approximate surface area is 180 Å². The van der Waals surface area contributed by atoms with Crippen LogP contribution < -0.4 is 5.32 Å². The van der Waals surface area contributed by atoms with Gasteiger partial charge in [0.2, 0.25) is 5.91 Å². The highest BCUT2D eigenvalue weighted by Crippen LogP contribution is 2.33. The van der Waals surface area contributed by atoms with Gasteiger partial charge in [-0.05, 0) is 64.3 Å². The van der Waals surface area contributed by atoms with Crippen molar-refractivity contribution >= 4 is 69.4 Å². The maximum atomic E-state index is 12.5. The normalized spacial score (nSPS) is 15.5. The number of halogens is 2. The minimum atomic E-state index is -0.395. The molecule has 0 saturated carbocycles. The van der Waals surface area contributed by atoms with E-state index in [1.165, 1.54) is 0 Å². The van der Waals surface area contributed by atoms with E-state index in [-0.39, 0.29) is 29.1 Å². The number of rotatable bonds is 7. The van der Waals surface area contributed by atoms with Crippen LogP contribution in [0.3, 0.4) is 0 Å². The molecule has 0 radical (unpaired) electrons. The van der Waals surface area contributed by atoms with E-state index in [1.807, 2.05) is 16.8 Å². The third kappa shape index (κ3) is 5.38. The summed E-state index contributed by atoms with van der Waals surface area (Å²) in [6, 6.07) is 6.91. The summed E-state index contributed by atoms with van der Waals surface area (Å²) in [6.45, 7) is 0.343. The number of carbonyl (C=O) groups excluding carboxylic acids is 3. The minimum absolute atomic E-state index is 0.110. The highest BCUT2D eigenvalue weighted by Gasteiger charge is 2.34. The second-order valence-corrected chi connectivity index (χ2v) is 8.60. The lowest BCUT2D eigenvalue weighted by Crippen LogP contribution is -2.37. The third-order valence-corrected chi connectivity index (χ3v) is 6.20. The summed E-state index contributed by atoms with van der Waals surface area (Å²) in [5.74, 6) is -0.504. The molecule has 5 nitrogen and oxygen atoms in total. The van der Waals surface area contributed by atoms with Crippen LogP contribution in [-0.2, 0) is 16.0 Å². The number of nitrogens with one attached hydrogen (secondary N) is 1. The van der Waals surface area contributed by atoms with Crippen LogP contribution in [0.5, 0.6) is 0 Å². The van der Waals surface area contributed by atoms with E-state index < -0.39 is 5.91 Å². The molecule has 0 bridgehead atoms. The van der Waals surface area contributed by atoms with Gasteiger partial charge in [0.05, 0.1) is 4.91 Å². The largest absolute Gasteiger partial charge is 0.354 e.